The van der Waals surface area contributed by atoms with Gasteiger partial charge in [0.25, 0.3) is 0 Å². The van der Waals surface area contributed by atoms with Gasteiger partial charge in [-0.1, -0.05) is 0 Å². The van der Waals surface area contributed by atoms with E-state index in [0.717, 1.165) is 0 Å². The third kappa shape index (κ3) is 42.5. The molecule has 0 N–H and O–H groups in total. The zero-order valence-electron chi connectivity index (χ0n) is 3.30. The van der Waals surface area contributed by atoms with Crippen molar-refractivity contribution in [1.29, 1.82) is 0 Å². The molecule has 6 heteroatoms. The van der Waals surface area contributed by atoms with Gasteiger partial charge in [0, 0.05) is 0 Å². The van der Waals surface area contributed by atoms with E-state index in [1.54, 1.807) is 0 Å². The topological polar surface area (TPSA) is 69.2 Å². The molecule has 6 heavy (non-hydrogen) atoms. The van der Waals surface area contributed by atoms with Gasteiger partial charge >= 0.3 is 53.5 Å². The molecule has 0 saturated heterocycles. The van der Waals surface area contributed by atoms with Crippen LogP contribution in [-0.2, 0) is 0 Å². The predicted octanol–water partition coefficient (Wildman–Crippen LogP) is -7.32. The summed E-state index contributed by atoms with van der Waals surface area (Å²) < 4.78 is 0. The van der Waals surface area contributed by atoms with Crippen molar-refractivity contribution in [3.05, 3.63) is 0 Å². The van der Waals surface area contributed by atoms with Crippen molar-refractivity contribution in [3.8, 4) is 0 Å². The Kier molecular flexibility index (Phi) is 25.8. The largest absolute Gasteiger partial charge is 2.00 e. The molecule has 0 unspecified atom stereocenters. The predicted molar refractivity (Wildman–Crippen MR) is 11.5 cm³/mol. The fourth-order valence-electron chi connectivity index (χ4n) is 0. The molecule has 0 aliphatic carbocycles. The van der Waals surface area contributed by atoms with E-state index in [-0.39, 0.29) is 53.5 Å². The number of hydrogen-bond acceptors (Lipinski definition) is 3. The van der Waals surface area contributed by atoms with Gasteiger partial charge in [-0.3, -0.25) is 7.32 Å². The molecule has 0 saturated carbocycles. The van der Waals surface area contributed by atoms with Crippen LogP contribution >= 0.6 is 0 Å². The maximum absolute atomic E-state index is 8.42. The van der Waals surface area contributed by atoms with Gasteiger partial charge < -0.3 is 15.1 Å². The van der Waals surface area contributed by atoms with Gasteiger partial charge in [0.1, 0.15) is 0 Å². The van der Waals surface area contributed by atoms with Gasteiger partial charge in [-0.25, -0.2) is 0 Å². The normalized spacial score (nSPS) is 4.50. The summed E-state index contributed by atoms with van der Waals surface area (Å²) in [6.07, 6.45) is 0. The zero-order chi connectivity index (χ0) is 3.58. The molecule has 0 bridgehead atoms. The Morgan fingerprint density at radius 3 is 1.00 bits per heavy atom. The van der Waals surface area contributed by atoms with Crippen LogP contribution in [-0.4, -0.2) is 31.2 Å². The molecule has 0 aromatic heterocycles. The van der Waals surface area contributed by atoms with E-state index in [1.165, 1.54) is 0 Å². The SMILES string of the molecule is [Na+].[O-]B([O-])[O-].[Sn+2]. The molecule has 0 aromatic rings. The first-order chi connectivity index (χ1) is 1.73. The Labute approximate surface area is 75.2 Å². The average Bonchev–Trinajstić information content (AvgIpc) is 0.811. The van der Waals surface area contributed by atoms with Crippen LogP contribution in [0.1, 0.15) is 0 Å². The van der Waals surface area contributed by atoms with Gasteiger partial charge in [0.15, 0.2) is 0 Å². The molecule has 0 fully saturated rings. The minimum Gasteiger partial charge on any atom is -0.907 e. The first-order valence-corrected chi connectivity index (χ1v) is 0.707. The van der Waals surface area contributed by atoms with Crippen LogP contribution in [0.3, 0.4) is 0 Å². The number of rotatable bonds is 0. The molecule has 0 atom stereocenters. The van der Waals surface area contributed by atoms with Crippen LogP contribution in [0.15, 0.2) is 0 Å². The van der Waals surface area contributed by atoms with E-state index in [4.69, 9.17) is 15.1 Å². The van der Waals surface area contributed by atoms with Crippen molar-refractivity contribution in [2.24, 2.45) is 0 Å². The summed E-state index contributed by atoms with van der Waals surface area (Å²) in [6, 6.07) is 0. The summed E-state index contributed by atoms with van der Waals surface area (Å²) >= 11 is 0. The van der Waals surface area contributed by atoms with Crippen LogP contribution in [0, 0.1) is 0 Å². The van der Waals surface area contributed by atoms with Crippen LogP contribution in [0.2, 0.25) is 0 Å². The summed E-state index contributed by atoms with van der Waals surface area (Å²) in [5.41, 5.74) is 0. The molecule has 2 radical (unpaired) electrons. The summed E-state index contributed by atoms with van der Waals surface area (Å²) in [5.74, 6) is 0. The molecule has 0 amide bonds. The summed E-state index contributed by atoms with van der Waals surface area (Å²) in [4.78, 5) is 0. The Bertz CT molecular complexity index is 15.5. The van der Waals surface area contributed by atoms with Crippen LogP contribution in [0.25, 0.3) is 0 Å². The van der Waals surface area contributed by atoms with Gasteiger partial charge in [0.05, 0.1) is 0 Å². The first-order valence-electron chi connectivity index (χ1n) is 0.707. The van der Waals surface area contributed by atoms with Gasteiger partial charge in [-0.15, -0.1) is 0 Å². The quantitative estimate of drug-likeness (QED) is 0.365. The van der Waals surface area contributed by atoms with E-state index in [1.807, 2.05) is 0 Å². The second-order valence-corrected chi connectivity index (χ2v) is 0.289. The first kappa shape index (κ1) is 15.6. The third-order valence-electron chi connectivity index (χ3n) is 0. The fourth-order valence-corrected chi connectivity index (χ4v) is 0. The summed E-state index contributed by atoms with van der Waals surface area (Å²) in [5, 5.41) is 25.2. The van der Waals surface area contributed by atoms with E-state index < -0.39 is 7.32 Å². The Balaban J connectivity index is -0.0000000450. The fraction of sp³-hybridized carbons (Fsp3) is 0. The molecule has 0 aliphatic heterocycles. The van der Waals surface area contributed by atoms with E-state index in [0.29, 0.717) is 0 Å². The van der Waals surface area contributed by atoms with Crippen molar-refractivity contribution in [3.63, 3.8) is 0 Å². The third-order valence-corrected chi connectivity index (χ3v) is 0. The van der Waals surface area contributed by atoms with Crippen molar-refractivity contribution in [2.45, 2.75) is 0 Å². The Morgan fingerprint density at radius 2 is 1.00 bits per heavy atom. The van der Waals surface area contributed by atoms with Crippen molar-refractivity contribution < 1.29 is 44.6 Å². The van der Waals surface area contributed by atoms with Crippen molar-refractivity contribution in [2.75, 3.05) is 0 Å². The average molecular weight is 201 g/mol. The molecule has 0 aromatic carbocycles. The molecule has 3 nitrogen and oxygen atoms in total. The molecular weight excluding hydrogens is 201 g/mol. The minimum atomic E-state index is -2.92. The standard InChI is InChI=1S/BO3.Na.Sn/c2-1(3)4;;/q-3;+1;+2. The van der Waals surface area contributed by atoms with Crippen molar-refractivity contribution >= 4 is 31.2 Å². The minimum absolute atomic E-state index is 0. The molecule has 0 spiro atoms. The molecule has 26 valence electrons. The van der Waals surface area contributed by atoms with Crippen LogP contribution in [0.4, 0.5) is 0 Å². The number of hydrogen-bond donors (Lipinski definition) is 0. The van der Waals surface area contributed by atoms with Gasteiger partial charge in [0.2, 0.25) is 0 Å². The second-order valence-electron chi connectivity index (χ2n) is 0.289. The smallest absolute Gasteiger partial charge is 0.907 e. The molecular formula is BNaO3Sn. The van der Waals surface area contributed by atoms with E-state index in [9.17, 15) is 0 Å². The molecule has 0 heterocycles. The molecule has 0 aliphatic rings. The van der Waals surface area contributed by atoms with Crippen LogP contribution in [0.5, 0.6) is 0 Å². The van der Waals surface area contributed by atoms with E-state index >= 15 is 0 Å². The Morgan fingerprint density at radius 1 is 1.00 bits per heavy atom. The summed E-state index contributed by atoms with van der Waals surface area (Å²) in [7, 11) is -2.92. The monoisotopic (exact) mass is 202 g/mol. The maximum atomic E-state index is 8.42. The van der Waals surface area contributed by atoms with Crippen LogP contribution < -0.4 is 44.6 Å². The molecule has 0 rings (SSSR count). The summed E-state index contributed by atoms with van der Waals surface area (Å²) in [6.45, 7) is 0. The van der Waals surface area contributed by atoms with Gasteiger partial charge in [-0.2, -0.15) is 0 Å². The van der Waals surface area contributed by atoms with E-state index in [2.05, 4.69) is 0 Å². The van der Waals surface area contributed by atoms with Crippen molar-refractivity contribution in [1.82, 2.24) is 0 Å². The Hall–Kier alpha value is 1.74. The zero-order valence-corrected chi connectivity index (χ0v) is 8.16. The van der Waals surface area contributed by atoms with Gasteiger partial charge in [-0.05, 0) is 0 Å². The second kappa shape index (κ2) is 9.89. The maximum Gasteiger partial charge on any atom is 2.00 e.